The van der Waals surface area contributed by atoms with Gasteiger partial charge in [0.05, 0.1) is 12.0 Å². The van der Waals surface area contributed by atoms with Crippen LogP contribution in [0.2, 0.25) is 0 Å². The van der Waals surface area contributed by atoms with Crippen molar-refractivity contribution in [3.8, 4) is 11.3 Å². The van der Waals surface area contributed by atoms with Crippen molar-refractivity contribution in [3.05, 3.63) is 77.6 Å². The second-order valence-corrected chi connectivity index (χ2v) is 7.22. The molecule has 5 nitrogen and oxygen atoms in total. The Bertz CT molecular complexity index is 1120. The smallest absolute Gasteiger partial charge is 0.146 e. The molecule has 0 fully saturated rings. The molecule has 134 valence electrons. The molecule has 3 heterocycles. The van der Waals surface area contributed by atoms with E-state index in [4.69, 9.17) is 10.2 Å². The molecule has 0 saturated carbocycles. The normalized spacial score (nSPS) is 17.1. The first kappa shape index (κ1) is 16.0. The standard InChI is InChI=1S/C22H20N4O/c1-26-12-17-10-16(20-6-7-22(23)25-24-20)4-5-18(17)19(13-26)15-3-2-14-8-9-27-21(14)11-15/h2-11,19H,12-13H2,1H3,(H2,23,25). The van der Waals surface area contributed by atoms with Gasteiger partial charge < -0.3 is 15.1 Å². The molecule has 0 bridgehead atoms. The Labute approximate surface area is 157 Å². The number of aromatic nitrogens is 2. The van der Waals surface area contributed by atoms with E-state index < -0.39 is 0 Å². The van der Waals surface area contributed by atoms with Crippen LogP contribution in [0.5, 0.6) is 0 Å². The average Bonchev–Trinajstić information content (AvgIpc) is 3.15. The summed E-state index contributed by atoms with van der Waals surface area (Å²) in [6, 6.07) is 18.8. The van der Waals surface area contributed by atoms with E-state index in [0.29, 0.717) is 11.7 Å². The number of hydrogen-bond acceptors (Lipinski definition) is 5. The number of nitrogens with two attached hydrogens (primary N) is 1. The van der Waals surface area contributed by atoms with Crippen molar-refractivity contribution in [2.75, 3.05) is 19.3 Å². The van der Waals surface area contributed by atoms with Crippen molar-refractivity contribution >= 4 is 16.8 Å². The molecule has 5 heteroatoms. The Balaban J connectivity index is 1.57. The number of rotatable bonds is 2. The lowest BCUT2D eigenvalue weighted by molar-refractivity contribution is 0.295. The van der Waals surface area contributed by atoms with Gasteiger partial charge in [0.2, 0.25) is 0 Å². The lowest BCUT2D eigenvalue weighted by Crippen LogP contribution is -2.31. The third-order valence-electron chi connectivity index (χ3n) is 5.32. The number of nitrogens with zero attached hydrogens (tertiary/aromatic N) is 3. The van der Waals surface area contributed by atoms with Crippen LogP contribution in [0.3, 0.4) is 0 Å². The van der Waals surface area contributed by atoms with Crippen LogP contribution in [-0.2, 0) is 6.54 Å². The molecule has 2 aromatic heterocycles. The van der Waals surface area contributed by atoms with E-state index in [-0.39, 0.29) is 0 Å². The van der Waals surface area contributed by atoms with Crippen LogP contribution < -0.4 is 5.73 Å². The van der Waals surface area contributed by atoms with Gasteiger partial charge in [0, 0.05) is 30.0 Å². The summed E-state index contributed by atoms with van der Waals surface area (Å²) < 4.78 is 5.61. The Morgan fingerprint density at radius 1 is 1.04 bits per heavy atom. The molecule has 4 aromatic rings. The number of nitrogen functional groups attached to an aromatic ring is 1. The third kappa shape index (κ3) is 2.86. The van der Waals surface area contributed by atoms with Gasteiger partial charge in [-0.25, -0.2) is 0 Å². The van der Waals surface area contributed by atoms with Gasteiger partial charge >= 0.3 is 0 Å². The highest BCUT2D eigenvalue weighted by molar-refractivity contribution is 5.78. The second-order valence-electron chi connectivity index (χ2n) is 7.22. The highest BCUT2D eigenvalue weighted by Gasteiger charge is 2.25. The van der Waals surface area contributed by atoms with Gasteiger partial charge in [-0.15, -0.1) is 10.2 Å². The second kappa shape index (κ2) is 6.21. The van der Waals surface area contributed by atoms with Crippen molar-refractivity contribution in [2.45, 2.75) is 12.5 Å². The van der Waals surface area contributed by atoms with Crippen LogP contribution >= 0.6 is 0 Å². The van der Waals surface area contributed by atoms with E-state index in [9.17, 15) is 0 Å². The van der Waals surface area contributed by atoms with Gasteiger partial charge in [-0.1, -0.05) is 24.3 Å². The molecule has 0 spiro atoms. The largest absolute Gasteiger partial charge is 0.464 e. The van der Waals surface area contributed by atoms with Crippen molar-refractivity contribution in [1.29, 1.82) is 0 Å². The van der Waals surface area contributed by atoms with Gasteiger partial charge in [0.1, 0.15) is 11.4 Å². The summed E-state index contributed by atoms with van der Waals surface area (Å²) in [6.07, 6.45) is 1.75. The first-order valence-electron chi connectivity index (χ1n) is 9.05. The number of anilines is 1. The quantitative estimate of drug-likeness (QED) is 0.587. The zero-order valence-electron chi connectivity index (χ0n) is 15.1. The first-order valence-corrected chi connectivity index (χ1v) is 9.05. The molecule has 1 aliphatic rings. The molecule has 1 atom stereocenters. The van der Waals surface area contributed by atoms with Crippen LogP contribution in [0.4, 0.5) is 5.82 Å². The Morgan fingerprint density at radius 2 is 1.96 bits per heavy atom. The molecule has 0 aliphatic carbocycles. The van der Waals surface area contributed by atoms with Gasteiger partial charge in [0.15, 0.2) is 0 Å². The highest BCUT2D eigenvalue weighted by Crippen LogP contribution is 2.36. The van der Waals surface area contributed by atoms with E-state index in [0.717, 1.165) is 35.3 Å². The number of fused-ring (bicyclic) bond motifs is 2. The molecule has 1 unspecified atom stereocenters. The summed E-state index contributed by atoms with van der Waals surface area (Å²) in [5.74, 6) is 0.754. The predicted molar refractivity (Wildman–Crippen MR) is 106 cm³/mol. The Kier molecular flexibility index (Phi) is 3.69. The van der Waals surface area contributed by atoms with Gasteiger partial charge in [-0.05, 0) is 54.1 Å². The number of furan rings is 1. The Hall–Kier alpha value is -3.18. The number of likely N-dealkylation sites (N-methyl/N-ethyl adjacent to an activating group) is 1. The molecule has 0 amide bonds. The fourth-order valence-electron chi connectivity index (χ4n) is 3.98. The molecule has 2 N–H and O–H groups in total. The maximum absolute atomic E-state index is 5.66. The minimum Gasteiger partial charge on any atom is -0.464 e. The van der Waals surface area contributed by atoms with E-state index in [1.807, 2.05) is 12.1 Å². The van der Waals surface area contributed by atoms with Crippen LogP contribution in [-0.4, -0.2) is 28.7 Å². The minimum atomic E-state index is 0.319. The fourth-order valence-corrected chi connectivity index (χ4v) is 3.98. The molecule has 0 saturated heterocycles. The summed E-state index contributed by atoms with van der Waals surface area (Å²) in [4.78, 5) is 2.36. The highest BCUT2D eigenvalue weighted by atomic mass is 16.3. The van der Waals surface area contributed by atoms with Crippen LogP contribution in [0.1, 0.15) is 22.6 Å². The topological polar surface area (TPSA) is 68.2 Å². The summed E-state index contributed by atoms with van der Waals surface area (Å²) >= 11 is 0. The molecular formula is C22H20N4O. The summed E-state index contributed by atoms with van der Waals surface area (Å²) in [7, 11) is 2.16. The number of hydrogen-bond donors (Lipinski definition) is 1. The maximum atomic E-state index is 5.66. The van der Waals surface area contributed by atoms with Gasteiger partial charge in [0.25, 0.3) is 0 Å². The van der Waals surface area contributed by atoms with Crippen molar-refractivity contribution in [1.82, 2.24) is 15.1 Å². The van der Waals surface area contributed by atoms with E-state index >= 15 is 0 Å². The molecular weight excluding hydrogens is 336 g/mol. The first-order chi connectivity index (χ1) is 13.2. The summed E-state index contributed by atoms with van der Waals surface area (Å²) in [5.41, 5.74) is 12.5. The monoisotopic (exact) mass is 356 g/mol. The van der Waals surface area contributed by atoms with Crippen LogP contribution in [0.15, 0.2) is 65.3 Å². The molecule has 0 radical (unpaired) electrons. The Morgan fingerprint density at radius 3 is 2.81 bits per heavy atom. The lowest BCUT2D eigenvalue weighted by atomic mass is 9.83. The fraction of sp³-hybridized carbons (Fsp3) is 0.182. The van der Waals surface area contributed by atoms with Crippen molar-refractivity contribution in [2.24, 2.45) is 0 Å². The predicted octanol–water partition coefficient (Wildman–Crippen LogP) is 4.05. The molecule has 5 rings (SSSR count). The van der Waals surface area contributed by atoms with Gasteiger partial charge in [-0.3, -0.25) is 0 Å². The van der Waals surface area contributed by atoms with Crippen LogP contribution in [0, 0.1) is 0 Å². The minimum absolute atomic E-state index is 0.319. The average molecular weight is 356 g/mol. The van der Waals surface area contributed by atoms with Crippen molar-refractivity contribution < 1.29 is 4.42 Å². The zero-order chi connectivity index (χ0) is 18.4. The van der Waals surface area contributed by atoms with E-state index in [1.165, 1.54) is 16.7 Å². The molecule has 2 aromatic carbocycles. The van der Waals surface area contributed by atoms with Gasteiger partial charge in [-0.2, -0.15) is 0 Å². The lowest BCUT2D eigenvalue weighted by Gasteiger charge is -2.33. The summed E-state index contributed by atoms with van der Waals surface area (Å²) in [6.45, 7) is 1.91. The maximum Gasteiger partial charge on any atom is 0.146 e. The SMILES string of the molecule is CN1Cc2cc(-c3ccc(N)nn3)ccc2C(c2ccc3ccoc3c2)C1. The van der Waals surface area contributed by atoms with E-state index in [2.05, 4.69) is 58.5 Å². The third-order valence-corrected chi connectivity index (χ3v) is 5.32. The van der Waals surface area contributed by atoms with Crippen LogP contribution in [0.25, 0.3) is 22.2 Å². The van der Waals surface area contributed by atoms with E-state index in [1.54, 1.807) is 12.3 Å². The molecule has 1 aliphatic heterocycles. The zero-order valence-corrected chi connectivity index (χ0v) is 15.1. The molecule has 27 heavy (non-hydrogen) atoms. The summed E-state index contributed by atoms with van der Waals surface area (Å²) in [5, 5.41) is 9.34. The van der Waals surface area contributed by atoms with Crippen molar-refractivity contribution in [3.63, 3.8) is 0 Å². The number of benzene rings is 2.